The van der Waals surface area contributed by atoms with Gasteiger partial charge in [0.25, 0.3) is 5.56 Å². The monoisotopic (exact) mass is 311 g/mol. The molecule has 3 aromatic rings. The van der Waals surface area contributed by atoms with E-state index in [4.69, 9.17) is 0 Å². The quantitative estimate of drug-likeness (QED) is 0.726. The van der Waals surface area contributed by atoms with Gasteiger partial charge >= 0.3 is 0 Å². The number of aromatic nitrogens is 2. The smallest absolute Gasteiger partial charge is 0.259 e. The molecule has 0 spiro atoms. The first-order valence-corrected chi connectivity index (χ1v) is 7.51. The molecule has 2 heterocycles. The van der Waals surface area contributed by atoms with Gasteiger partial charge in [0.2, 0.25) is 5.91 Å². The SMILES string of the molecule is O=C(/C=C/c1ccccc1)NCc1cc2c(=O)[nH]cnc2s1. The average Bonchev–Trinajstić information content (AvgIpc) is 2.96. The van der Waals surface area contributed by atoms with E-state index < -0.39 is 0 Å². The Balaban J connectivity index is 1.64. The molecule has 0 aliphatic heterocycles. The summed E-state index contributed by atoms with van der Waals surface area (Å²) in [5.74, 6) is -0.178. The van der Waals surface area contributed by atoms with E-state index in [0.29, 0.717) is 16.8 Å². The highest BCUT2D eigenvalue weighted by atomic mass is 32.1. The summed E-state index contributed by atoms with van der Waals surface area (Å²) in [5.41, 5.74) is 0.804. The van der Waals surface area contributed by atoms with Crippen molar-refractivity contribution >= 4 is 33.5 Å². The van der Waals surface area contributed by atoms with Crippen LogP contribution in [0.2, 0.25) is 0 Å². The first-order valence-electron chi connectivity index (χ1n) is 6.69. The Kier molecular flexibility index (Phi) is 4.11. The molecule has 0 radical (unpaired) electrons. The predicted molar refractivity (Wildman–Crippen MR) is 87.6 cm³/mol. The van der Waals surface area contributed by atoms with Gasteiger partial charge in [0.1, 0.15) is 4.83 Å². The Morgan fingerprint density at radius 3 is 2.91 bits per heavy atom. The highest BCUT2D eigenvalue weighted by Gasteiger charge is 2.06. The lowest BCUT2D eigenvalue weighted by Crippen LogP contribution is -2.19. The fourth-order valence-corrected chi connectivity index (χ4v) is 2.91. The van der Waals surface area contributed by atoms with Crippen LogP contribution in [0.15, 0.2) is 53.6 Å². The van der Waals surface area contributed by atoms with E-state index in [9.17, 15) is 9.59 Å². The lowest BCUT2D eigenvalue weighted by atomic mass is 10.2. The highest BCUT2D eigenvalue weighted by molar-refractivity contribution is 7.18. The summed E-state index contributed by atoms with van der Waals surface area (Å²) >= 11 is 1.40. The van der Waals surface area contributed by atoms with Gasteiger partial charge in [-0.1, -0.05) is 30.3 Å². The second kappa shape index (κ2) is 6.36. The molecule has 0 saturated carbocycles. The molecule has 0 bridgehead atoms. The zero-order valence-corrected chi connectivity index (χ0v) is 12.4. The minimum atomic E-state index is -0.178. The van der Waals surface area contributed by atoms with E-state index in [1.54, 1.807) is 12.1 Å². The topological polar surface area (TPSA) is 74.8 Å². The fourth-order valence-electron chi connectivity index (χ4n) is 1.97. The maximum atomic E-state index is 11.8. The van der Waals surface area contributed by atoms with Crippen molar-refractivity contribution in [2.45, 2.75) is 6.54 Å². The van der Waals surface area contributed by atoms with E-state index in [0.717, 1.165) is 10.4 Å². The lowest BCUT2D eigenvalue weighted by molar-refractivity contribution is -0.116. The second-order valence-electron chi connectivity index (χ2n) is 4.63. The van der Waals surface area contributed by atoms with Crippen LogP contribution in [-0.2, 0) is 11.3 Å². The van der Waals surface area contributed by atoms with Gasteiger partial charge in [-0.3, -0.25) is 9.59 Å². The molecule has 0 fully saturated rings. The van der Waals surface area contributed by atoms with E-state index in [1.807, 2.05) is 30.3 Å². The van der Waals surface area contributed by atoms with Crippen molar-refractivity contribution in [1.82, 2.24) is 15.3 Å². The molecule has 0 atom stereocenters. The molecule has 1 aromatic carbocycles. The Hall–Kier alpha value is -2.73. The van der Waals surface area contributed by atoms with Crippen molar-refractivity contribution in [2.24, 2.45) is 0 Å². The molecule has 0 aliphatic carbocycles. The van der Waals surface area contributed by atoms with Gasteiger partial charge in [0.15, 0.2) is 0 Å². The Morgan fingerprint density at radius 1 is 1.32 bits per heavy atom. The molecule has 2 N–H and O–H groups in total. The van der Waals surface area contributed by atoms with Gasteiger partial charge in [0.05, 0.1) is 18.3 Å². The number of hydrogen-bond donors (Lipinski definition) is 2. The maximum absolute atomic E-state index is 11.8. The van der Waals surface area contributed by atoms with Crippen LogP contribution in [0, 0.1) is 0 Å². The van der Waals surface area contributed by atoms with Crippen LogP contribution >= 0.6 is 11.3 Å². The zero-order chi connectivity index (χ0) is 15.4. The van der Waals surface area contributed by atoms with Crippen LogP contribution in [-0.4, -0.2) is 15.9 Å². The largest absolute Gasteiger partial charge is 0.348 e. The van der Waals surface area contributed by atoms with Crippen molar-refractivity contribution in [3.05, 3.63) is 69.6 Å². The zero-order valence-electron chi connectivity index (χ0n) is 11.6. The third-order valence-electron chi connectivity index (χ3n) is 3.05. The number of H-pyrrole nitrogens is 1. The number of rotatable bonds is 4. The van der Waals surface area contributed by atoms with Gasteiger partial charge in [0, 0.05) is 11.0 Å². The number of carbonyl (C=O) groups is 1. The standard InChI is InChI=1S/C16H13N3O2S/c20-14(7-6-11-4-2-1-3-5-11)17-9-12-8-13-15(21)18-10-19-16(13)22-12/h1-8,10H,9H2,(H,17,20)(H,18,19,21)/b7-6+. The lowest BCUT2D eigenvalue weighted by Gasteiger charge is -1.98. The summed E-state index contributed by atoms with van der Waals surface area (Å²) in [6.45, 7) is 0.373. The average molecular weight is 311 g/mol. The van der Waals surface area contributed by atoms with E-state index >= 15 is 0 Å². The number of aromatic amines is 1. The summed E-state index contributed by atoms with van der Waals surface area (Å²) < 4.78 is 0. The molecule has 0 unspecified atom stereocenters. The molecule has 6 heteroatoms. The molecule has 110 valence electrons. The van der Waals surface area contributed by atoms with Crippen LogP contribution < -0.4 is 10.9 Å². The Bertz CT molecular complexity index is 881. The molecule has 1 amide bonds. The first-order chi connectivity index (χ1) is 10.7. The van der Waals surface area contributed by atoms with Gasteiger partial charge in [-0.15, -0.1) is 11.3 Å². The Labute approximate surface area is 130 Å². The molecule has 0 saturated heterocycles. The van der Waals surface area contributed by atoms with E-state index in [-0.39, 0.29) is 11.5 Å². The van der Waals surface area contributed by atoms with Gasteiger partial charge < -0.3 is 10.3 Å². The third kappa shape index (κ3) is 3.29. The number of nitrogens with zero attached hydrogens (tertiary/aromatic N) is 1. The van der Waals surface area contributed by atoms with E-state index in [1.165, 1.54) is 23.7 Å². The summed E-state index contributed by atoms with van der Waals surface area (Å²) in [6.07, 6.45) is 4.63. The van der Waals surface area contributed by atoms with Gasteiger partial charge in [-0.2, -0.15) is 0 Å². The molecular weight excluding hydrogens is 298 g/mol. The summed E-state index contributed by atoms with van der Waals surface area (Å²) in [7, 11) is 0. The number of nitrogens with one attached hydrogen (secondary N) is 2. The number of carbonyl (C=O) groups excluding carboxylic acids is 1. The minimum Gasteiger partial charge on any atom is -0.348 e. The molecule has 3 rings (SSSR count). The maximum Gasteiger partial charge on any atom is 0.259 e. The molecule has 22 heavy (non-hydrogen) atoms. The normalized spacial score (nSPS) is 11.1. The summed E-state index contributed by atoms with van der Waals surface area (Å²) in [4.78, 5) is 31.6. The minimum absolute atomic E-state index is 0.164. The number of amides is 1. The molecular formula is C16H13N3O2S. The number of thiophene rings is 1. The first kappa shape index (κ1) is 14.2. The number of fused-ring (bicyclic) bond motifs is 1. The molecule has 2 aromatic heterocycles. The van der Waals surface area contributed by atoms with Gasteiger partial charge in [-0.05, 0) is 17.7 Å². The highest BCUT2D eigenvalue weighted by Crippen LogP contribution is 2.20. The van der Waals surface area contributed by atoms with Crippen LogP contribution in [0.3, 0.4) is 0 Å². The van der Waals surface area contributed by atoms with Crippen LogP contribution in [0.1, 0.15) is 10.4 Å². The van der Waals surface area contributed by atoms with Crippen molar-refractivity contribution in [2.75, 3.05) is 0 Å². The van der Waals surface area contributed by atoms with Crippen molar-refractivity contribution in [3.63, 3.8) is 0 Å². The molecule has 0 aliphatic rings. The van der Waals surface area contributed by atoms with Crippen molar-refractivity contribution < 1.29 is 4.79 Å². The summed E-state index contributed by atoms with van der Waals surface area (Å²) in [6, 6.07) is 11.4. The van der Waals surface area contributed by atoms with Crippen molar-refractivity contribution in [1.29, 1.82) is 0 Å². The number of benzene rings is 1. The van der Waals surface area contributed by atoms with Crippen molar-refractivity contribution in [3.8, 4) is 0 Å². The van der Waals surface area contributed by atoms with Gasteiger partial charge in [-0.25, -0.2) is 4.98 Å². The van der Waals surface area contributed by atoms with E-state index in [2.05, 4.69) is 15.3 Å². The van der Waals surface area contributed by atoms with Crippen LogP contribution in [0.4, 0.5) is 0 Å². The molecule has 5 nitrogen and oxygen atoms in total. The van der Waals surface area contributed by atoms with Crippen LogP contribution in [0.25, 0.3) is 16.3 Å². The van der Waals surface area contributed by atoms with Crippen LogP contribution in [0.5, 0.6) is 0 Å². The third-order valence-corrected chi connectivity index (χ3v) is 4.09. The Morgan fingerprint density at radius 2 is 2.14 bits per heavy atom. The second-order valence-corrected chi connectivity index (χ2v) is 5.74. The predicted octanol–water partition coefficient (Wildman–Crippen LogP) is 2.31. The summed E-state index contributed by atoms with van der Waals surface area (Å²) in [5, 5.41) is 3.35. The fraction of sp³-hybridized carbons (Fsp3) is 0.0625. The number of hydrogen-bond acceptors (Lipinski definition) is 4.